The molecule has 3 aromatic carbocycles. The molecule has 32 heavy (non-hydrogen) atoms. The van der Waals surface area contributed by atoms with E-state index in [1.165, 1.54) is 6.92 Å². The Kier molecular flexibility index (Phi) is 5.79. The van der Waals surface area contributed by atoms with E-state index in [1.54, 1.807) is 66.7 Å². The Morgan fingerprint density at radius 1 is 0.875 bits per heavy atom. The minimum absolute atomic E-state index is 0.163. The Bertz CT molecular complexity index is 1250. The summed E-state index contributed by atoms with van der Waals surface area (Å²) in [4.78, 5) is 39.3. The van der Waals surface area contributed by atoms with Crippen LogP contribution in [0.4, 0.5) is 17.1 Å². The van der Waals surface area contributed by atoms with Crippen LogP contribution in [0.5, 0.6) is 0 Å². The molecule has 7 heteroatoms. The molecular formula is C25H20ClN3O3. The number of carbonyl (C=O) groups is 3. The van der Waals surface area contributed by atoms with Crippen molar-refractivity contribution in [1.29, 1.82) is 0 Å². The van der Waals surface area contributed by atoms with Gasteiger partial charge < -0.3 is 10.6 Å². The van der Waals surface area contributed by atoms with Crippen LogP contribution in [0.3, 0.4) is 0 Å². The number of nitrogens with one attached hydrogen (secondary N) is 2. The number of rotatable bonds is 5. The molecule has 0 aliphatic carbocycles. The zero-order valence-corrected chi connectivity index (χ0v) is 18.2. The van der Waals surface area contributed by atoms with Crippen LogP contribution in [0.2, 0.25) is 5.02 Å². The van der Waals surface area contributed by atoms with Crippen molar-refractivity contribution in [2.24, 2.45) is 0 Å². The van der Waals surface area contributed by atoms with Crippen LogP contribution < -0.4 is 15.5 Å². The maximum Gasteiger partial charge on any atom is 0.282 e. The topological polar surface area (TPSA) is 78.5 Å². The van der Waals surface area contributed by atoms with E-state index in [9.17, 15) is 14.4 Å². The fourth-order valence-electron chi connectivity index (χ4n) is 3.53. The molecule has 0 bridgehead atoms. The Balaban J connectivity index is 1.81. The van der Waals surface area contributed by atoms with E-state index in [4.69, 9.17) is 11.6 Å². The fourth-order valence-corrected chi connectivity index (χ4v) is 3.70. The van der Waals surface area contributed by atoms with Crippen molar-refractivity contribution in [3.63, 3.8) is 0 Å². The number of imide groups is 1. The first-order valence-corrected chi connectivity index (χ1v) is 10.3. The van der Waals surface area contributed by atoms with Gasteiger partial charge in [0.25, 0.3) is 11.8 Å². The third-order valence-corrected chi connectivity index (χ3v) is 5.53. The summed E-state index contributed by atoms with van der Waals surface area (Å²) in [6.07, 6.45) is 0. The van der Waals surface area contributed by atoms with Crippen LogP contribution in [0, 0.1) is 6.92 Å². The first kappa shape index (κ1) is 21.3. The third-order valence-electron chi connectivity index (χ3n) is 5.12. The van der Waals surface area contributed by atoms with Gasteiger partial charge in [-0.2, -0.15) is 0 Å². The summed E-state index contributed by atoms with van der Waals surface area (Å²) in [5.74, 6) is -1.09. The summed E-state index contributed by atoms with van der Waals surface area (Å²) in [6.45, 7) is 3.26. The summed E-state index contributed by atoms with van der Waals surface area (Å²) in [5.41, 5.74) is 3.44. The maximum atomic E-state index is 13.4. The second-order valence-corrected chi connectivity index (χ2v) is 7.73. The number of nitrogens with zero attached hydrogens (tertiary/aromatic N) is 1. The molecule has 1 aliphatic heterocycles. The highest BCUT2D eigenvalue weighted by Gasteiger charge is 2.40. The van der Waals surface area contributed by atoms with Crippen molar-refractivity contribution in [3.05, 3.63) is 94.6 Å². The molecule has 1 heterocycles. The predicted molar refractivity (Wildman–Crippen MR) is 126 cm³/mol. The van der Waals surface area contributed by atoms with Crippen molar-refractivity contribution < 1.29 is 14.4 Å². The van der Waals surface area contributed by atoms with Gasteiger partial charge in [0.2, 0.25) is 5.91 Å². The van der Waals surface area contributed by atoms with Crippen LogP contribution in [-0.2, 0) is 14.4 Å². The SMILES string of the molecule is CC(=O)Nc1ccc(C2=C(Nc3cccc(Cl)c3C)C(=O)N(c3ccccc3)C2=O)cc1. The van der Waals surface area contributed by atoms with Gasteiger partial charge in [-0.15, -0.1) is 0 Å². The zero-order valence-electron chi connectivity index (χ0n) is 17.5. The van der Waals surface area contributed by atoms with E-state index >= 15 is 0 Å². The Morgan fingerprint density at radius 3 is 2.22 bits per heavy atom. The van der Waals surface area contributed by atoms with Crippen molar-refractivity contribution >= 4 is 52.0 Å². The van der Waals surface area contributed by atoms with E-state index in [1.807, 2.05) is 13.0 Å². The number of hydrogen-bond acceptors (Lipinski definition) is 4. The van der Waals surface area contributed by atoms with Crippen LogP contribution in [0.15, 0.2) is 78.5 Å². The quantitative estimate of drug-likeness (QED) is 0.541. The van der Waals surface area contributed by atoms with Gasteiger partial charge in [0.1, 0.15) is 5.70 Å². The van der Waals surface area contributed by atoms with Crippen LogP contribution in [0.25, 0.3) is 5.57 Å². The molecule has 160 valence electrons. The zero-order chi connectivity index (χ0) is 22.8. The summed E-state index contributed by atoms with van der Waals surface area (Å²) >= 11 is 6.25. The van der Waals surface area contributed by atoms with Gasteiger partial charge in [0, 0.05) is 23.3 Å². The molecule has 4 rings (SSSR count). The van der Waals surface area contributed by atoms with Crippen LogP contribution >= 0.6 is 11.6 Å². The number of benzene rings is 3. The molecule has 1 aliphatic rings. The first-order valence-electron chi connectivity index (χ1n) is 9.95. The molecule has 3 aromatic rings. The lowest BCUT2D eigenvalue weighted by Gasteiger charge is -2.15. The molecule has 0 saturated carbocycles. The number of para-hydroxylation sites is 1. The largest absolute Gasteiger partial charge is 0.350 e. The third kappa shape index (κ3) is 4.00. The monoisotopic (exact) mass is 445 g/mol. The lowest BCUT2D eigenvalue weighted by Crippen LogP contribution is -2.32. The van der Waals surface area contributed by atoms with Gasteiger partial charge in [-0.25, -0.2) is 4.90 Å². The standard InChI is InChI=1S/C25H20ClN3O3/c1-15-20(26)9-6-10-21(15)28-23-22(17-11-13-18(14-12-17)27-16(2)30)24(31)29(25(23)32)19-7-4-3-5-8-19/h3-14,28H,1-2H3,(H,27,30). The molecule has 0 spiro atoms. The summed E-state index contributed by atoms with van der Waals surface area (Å²) in [6, 6.07) is 20.9. The maximum absolute atomic E-state index is 13.4. The minimum atomic E-state index is -0.457. The molecule has 0 radical (unpaired) electrons. The van der Waals surface area contributed by atoms with Gasteiger partial charge in [-0.1, -0.05) is 48.0 Å². The smallest absolute Gasteiger partial charge is 0.282 e. The van der Waals surface area contributed by atoms with E-state index < -0.39 is 11.8 Å². The predicted octanol–water partition coefficient (Wildman–Crippen LogP) is 5.00. The Morgan fingerprint density at radius 2 is 1.56 bits per heavy atom. The number of halogens is 1. The molecule has 0 atom stereocenters. The van der Waals surface area contributed by atoms with Gasteiger partial charge in [0.15, 0.2) is 0 Å². The van der Waals surface area contributed by atoms with Gasteiger partial charge in [-0.3, -0.25) is 14.4 Å². The Hall–Kier alpha value is -3.90. The highest BCUT2D eigenvalue weighted by Crippen LogP contribution is 2.35. The highest BCUT2D eigenvalue weighted by molar-refractivity contribution is 6.46. The number of carbonyl (C=O) groups excluding carboxylic acids is 3. The normalized spacial score (nSPS) is 13.5. The van der Waals surface area contributed by atoms with Crippen LogP contribution in [0.1, 0.15) is 18.1 Å². The summed E-state index contributed by atoms with van der Waals surface area (Å²) in [5, 5.41) is 6.38. The van der Waals surface area contributed by atoms with E-state index in [0.29, 0.717) is 27.6 Å². The highest BCUT2D eigenvalue weighted by atomic mass is 35.5. The van der Waals surface area contributed by atoms with E-state index in [2.05, 4.69) is 10.6 Å². The van der Waals surface area contributed by atoms with E-state index in [0.717, 1.165) is 10.5 Å². The molecule has 0 fully saturated rings. The second-order valence-electron chi connectivity index (χ2n) is 7.33. The van der Waals surface area contributed by atoms with Crippen molar-refractivity contribution in [1.82, 2.24) is 0 Å². The molecule has 0 unspecified atom stereocenters. The van der Waals surface area contributed by atoms with Gasteiger partial charge in [-0.05, 0) is 54.4 Å². The van der Waals surface area contributed by atoms with Crippen molar-refractivity contribution in [3.8, 4) is 0 Å². The van der Waals surface area contributed by atoms with Crippen molar-refractivity contribution in [2.45, 2.75) is 13.8 Å². The molecular weight excluding hydrogens is 426 g/mol. The van der Waals surface area contributed by atoms with Gasteiger partial charge in [0.05, 0.1) is 11.3 Å². The lowest BCUT2D eigenvalue weighted by atomic mass is 10.0. The van der Waals surface area contributed by atoms with E-state index in [-0.39, 0.29) is 17.2 Å². The second kappa shape index (κ2) is 8.69. The van der Waals surface area contributed by atoms with Crippen LogP contribution in [-0.4, -0.2) is 17.7 Å². The molecule has 2 N–H and O–H groups in total. The number of anilines is 3. The number of amides is 3. The molecule has 6 nitrogen and oxygen atoms in total. The average Bonchev–Trinajstić information content (AvgIpc) is 3.01. The number of hydrogen-bond donors (Lipinski definition) is 2. The average molecular weight is 446 g/mol. The first-order chi connectivity index (χ1) is 15.4. The van der Waals surface area contributed by atoms with Gasteiger partial charge >= 0.3 is 0 Å². The molecule has 3 amide bonds. The fraction of sp³-hybridized carbons (Fsp3) is 0.0800. The lowest BCUT2D eigenvalue weighted by molar-refractivity contribution is -0.120. The summed E-state index contributed by atoms with van der Waals surface area (Å²) in [7, 11) is 0. The minimum Gasteiger partial charge on any atom is -0.350 e. The molecule has 0 aromatic heterocycles. The van der Waals surface area contributed by atoms with Crippen molar-refractivity contribution in [2.75, 3.05) is 15.5 Å². The summed E-state index contributed by atoms with van der Waals surface area (Å²) < 4.78 is 0. The molecule has 0 saturated heterocycles. The Labute approximate surface area is 190 Å².